The first kappa shape index (κ1) is 17.3. The molecule has 134 valence electrons. The van der Waals surface area contributed by atoms with E-state index in [0.717, 1.165) is 32.6 Å². The van der Waals surface area contributed by atoms with Crippen molar-refractivity contribution in [2.24, 2.45) is 11.3 Å². The predicted molar refractivity (Wildman–Crippen MR) is 92.7 cm³/mol. The van der Waals surface area contributed by atoms with E-state index in [1.165, 1.54) is 5.56 Å². The van der Waals surface area contributed by atoms with E-state index in [2.05, 4.69) is 30.5 Å². The number of likely N-dealkylation sites (tertiary alicyclic amines) is 1. The molecule has 0 unspecified atom stereocenters. The monoisotopic (exact) mass is 334 g/mol. The Morgan fingerprint density at radius 1 is 1.50 bits per heavy atom. The molecule has 0 bridgehead atoms. The highest BCUT2D eigenvalue weighted by Gasteiger charge is 2.53. The minimum absolute atomic E-state index is 0.128. The Morgan fingerprint density at radius 3 is 2.83 bits per heavy atom. The van der Waals surface area contributed by atoms with Crippen molar-refractivity contribution in [1.29, 1.82) is 0 Å². The van der Waals surface area contributed by atoms with Crippen LogP contribution in [-0.2, 0) is 11.3 Å². The molecule has 1 spiro atoms. The van der Waals surface area contributed by atoms with Crippen molar-refractivity contribution in [2.75, 3.05) is 19.6 Å². The lowest BCUT2D eigenvalue weighted by atomic mass is 9.70. The molecular weight excluding hydrogens is 304 g/mol. The zero-order valence-corrected chi connectivity index (χ0v) is 15.5. The number of nitrogens with zero attached hydrogens (tertiary/aromatic N) is 3. The standard InChI is InChI=1S/C18H30N4O2/c1-13(2)9-22-10-14(8-20-22)15-18(11-19-15)6-7-21(12-18)16(23)24-17(3,4)5/h8,10,13,15,19H,6-7,9,11-12H2,1-5H3/t15-,18-/m0/s1. The maximum absolute atomic E-state index is 12.3. The molecule has 3 rings (SSSR count). The van der Waals surface area contributed by atoms with Gasteiger partial charge in [-0.25, -0.2) is 4.79 Å². The summed E-state index contributed by atoms with van der Waals surface area (Å²) in [4.78, 5) is 14.2. The van der Waals surface area contributed by atoms with E-state index in [4.69, 9.17) is 4.74 Å². The van der Waals surface area contributed by atoms with Crippen molar-refractivity contribution in [2.45, 2.75) is 59.2 Å². The molecule has 24 heavy (non-hydrogen) atoms. The Kier molecular flexibility index (Phi) is 4.36. The predicted octanol–water partition coefficient (Wildman–Crippen LogP) is 2.81. The topological polar surface area (TPSA) is 59.4 Å². The quantitative estimate of drug-likeness (QED) is 0.923. The van der Waals surface area contributed by atoms with Gasteiger partial charge < -0.3 is 15.0 Å². The van der Waals surface area contributed by atoms with Crippen molar-refractivity contribution < 1.29 is 9.53 Å². The van der Waals surface area contributed by atoms with Crippen LogP contribution in [0.5, 0.6) is 0 Å². The SMILES string of the molecule is CC(C)Cn1cc([C@@H]2NC[C@]23CCN(C(=O)OC(C)(C)C)C3)cn1. The molecule has 2 aliphatic rings. The Hall–Kier alpha value is -1.56. The molecule has 0 aliphatic carbocycles. The van der Waals surface area contributed by atoms with Gasteiger partial charge >= 0.3 is 6.09 Å². The second-order valence-corrected chi connectivity index (χ2v) is 8.72. The highest BCUT2D eigenvalue weighted by molar-refractivity contribution is 5.68. The zero-order chi connectivity index (χ0) is 17.5. The summed E-state index contributed by atoms with van der Waals surface area (Å²) in [6.45, 7) is 13.5. The van der Waals surface area contributed by atoms with Gasteiger partial charge in [-0.05, 0) is 33.1 Å². The molecule has 6 heteroatoms. The summed E-state index contributed by atoms with van der Waals surface area (Å²) in [6, 6.07) is 0.283. The molecule has 1 N–H and O–H groups in total. The summed E-state index contributed by atoms with van der Waals surface area (Å²) in [6.07, 6.45) is 4.94. The van der Waals surface area contributed by atoms with Crippen molar-refractivity contribution in [1.82, 2.24) is 20.0 Å². The number of aromatic nitrogens is 2. The Bertz CT molecular complexity index is 604. The average Bonchev–Trinajstić information content (AvgIpc) is 3.03. The van der Waals surface area contributed by atoms with Crippen LogP contribution >= 0.6 is 0 Å². The van der Waals surface area contributed by atoms with Crippen LogP contribution in [0.15, 0.2) is 12.4 Å². The van der Waals surface area contributed by atoms with Crippen molar-refractivity contribution in [3.63, 3.8) is 0 Å². The van der Waals surface area contributed by atoms with E-state index < -0.39 is 5.60 Å². The van der Waals surface area contributed by atoms with E-state index in [1.807, 2.05) is 36.5 Å². The van der Waals surface area contributed by atoms with Gasteiger partial charge in [0.05, 0.1) is 6.20 Å². The minimum atomic E-state index is -0.442. The van der Waals surface area contributed by atoms with Gasteiger partial charge in [0.1, 0.15) is 5.60 Å². The van der Waals surface area contributed by atoms with Crippen LogP contribution in [0.25, 0.3) is 0 Å². The lowest BCUT2D eigenvalue weighted by Crippen LogP contribution is -2.57. The van der Waals surface area contributed by atoms with Gasteiger partial charge in [0.25, 0.3) is 0 Å². The van der Waals surface area contributed by atoms with Crippen molar-refractivity contribution >= 4 is 6.09 Å². The summed E-state index contributed by atoms with van der Waals surface area (Å²) in [5.41, 5.74) is 0.915. The maximum Gasteiger partial charge on any atom is 0.410 e. The van der Waals surface area contributed by atoms with Crippen molar-refractivity contribution in [3.8, 4) is 0 Å². The van der Waals surface area contributed by atoms with Gasteiger partial charge in [-0.15, -0.1) is 0 Å². The van der Waals surface area contributed by atoms with Gasteiger partial charge in [0, 0.05) is 49.4 Å². The summed E-state index contributed by atoms with van der Waals surface area (Å²) in [5.74, 6) is 0.579. The smallest absolute Gasteiger partial charge is 0.410 e. The molecule has 6 nitrogen and oxygen atoms in total. The third-order valence-electron chi connectivity index (χ3n) is 4.85. The minimum Gasteiger partial charge on any atom is -0.444 e. The van der Waals surface area contributed by atoms with Gasteiger partial charge in [0.15, 0.2) is 0 Å². The molecule has 0 saturated carbocycles. The number of nitrogens with one attached hydrogen (secondary N) is 1. The summed E-state index contributed by atoms with van der Waals surface area (Å²) >= 11 is 0. The molecule has 2 atom stereocenters. The summed E-state index contributed by atoms with van der Waals surface area (Å²) < 4.78 is 7.54. The number of carbonyl (C=O) groups is 1. The van der Waals surface area contributed by atoms with Gasteiger partial charge in [-0.1, -0.05) is 13.8 Å². The molecule has 2 saturated heterocycles. The molecular formula is C18H30N4O2. The van der Waals surface area contributed by atoms with Crippen LogP contribution in [0.1, 0.15) is 52.6 Å². The molecule has 1 aromatic rings. The average molecular weight is 334 g/mol. The first-order valence-corrected chi connectivity index (χ1v) is 8.92. The highest BCUT2D eigenvalue weighted by atomic mass is 16.6. The fraction of sp³-hybridized carbons (Fsp3) is 0.778. The number of hydrogen-bond acceptors (Lipinski definition) is 4. The lowest BCUT2D eigenvalue weighted by Gasteiger charge is -2.47. The van der Waals surface area contributed by atoms with Crippen LogP contribution < -0.4 is 5.32 Å². The third-order valence-corrected chi connectivity index (χ3v) is 4.85. The molecule has 2 fully saturated rings. The number of ether oxygens (including phenoxy) is 1. The fourth-order valence-electron chi connectivity index (χ4n) is 3.72. The fourth-order valence-corrected chi connectivity index (χ4v) is 3.72. The summed E-state index contributed by atoms with van der Waals surface area (Å²) in [7, 11) is 0. The van der Waals surface area contributed by atoms with E-state index in [9.17, 15) is 4.79 Å². The highest BCUT2D eigenvalue weighted by Crippen LogP contribution is 2.48. The third kappa shape index (κ3) is 3.43. The Labute approximate surface area is 144 Å². The van der Waals surface area contributed by atoms with Crippen LogP contribution in [0, 0.1) is 11.3 Å². The Balaban J connectivity index is 1.65. The van der Waals surface area contributed by atoms with E-state index in [1.54, 1.807) is 0 Å². The first-order valence-electron chi connectivity index (χ1n) is 8.92. The van der Waals surface area contributed by atoms with E-state index >= 15 is 0 Å². The number of hydrogen-bond donors (Lipinski definition) is 1. The Morgan fingerprint density at radius 2 is 2.25 bits per heavy atom. The second-order valence-electron chi connectivity index (χ2n) is 8.72. The number of amides is 1. The second kappa shape index (κ2) is 6.06. The number of carbonyl (C=O) groups excluding carboxylic acids is 1. The molecule has 0 aromatic carbocycles. The maximum atomic E-state index is 12.3. The van der Waals surface area contributed by atoms with Gasteiger partial charge in [-0.2, -0.15) is 5.10 Å². The summed E-state index contributed by atoms with van der Waals surface area (Å²) in [5, 5.41) is 8.02. The molecule has 0 radical (unpaired) electrons. The van der Waals surface area contributed by atoms with E-state index in [-0.39, 0.29) is 17.6 Å². The van der Waals surface area contributed by atoms with Crippen LogP contribution in [0.4, 0.5) is 4.79 Å². The first-order chi connectivity index (χ1) is 11.2. The number of rotatable bonds is 3. The molecule has 1 aromatic heterocycles. The zero-order valence-electron chi connectivity index (χ0n) is 15.5. The van der Waals surface area contributed by atoms with Gasteiger partial charge in [-0.3, -0.25) is 4.68 Å². The largest absolute Gasteiger partial charge is 0.444 e. The van der Waals surface area contributed by atoms with Crippen molar-refractivity contribution in [3.05, 3.63) is 18.0 Å². The molecule has 3 heterocycles. The van der Waals surface area contributed by atoms with Gasteiger partial charge in [0.2, 0.25) is 0 Å². The molecule has 1 amide bonds. The van der Waals surface area contributed by atoms with E-state index in [0.29, 0.717) is 5.92 Å². The van der Waals surface area contributed by atoms with Crippen LogP contribution in [-0.4, -0.2) is 46.0 Å². The normalized spacial score (nSPS) is 26.9. The van der Waals surface area contributed by atoms with Crippen LogP contribution in [0.2, 0.25) is 0 Å². The molecule has 2 aliphatic heterocycles. The van der Waals surface area contributed by atoms with Crippen LogP contribution in [0.3, 0.4) is 0 Å². The lowest BCUT2D eigenvalue weighted by molar-refractivity contribution is 0.0216.